The lowest BCUT2D eigenvalue weighted by atomic mass is 10.1. The molecule has 3 heterocycles. The van der Waals surface area contributed by atoms with Crippen LogP contribution in [-0.4, -0.2) is 20.7 Å². The second kappa shape index (κ2) is 8.03. The second-order valence-electron chi connectivity index (χ2n) is 6.33. The summed E-state index contributed by atoms with van der Waals surface area (Å²) < 4.78 is 19.0. The predicted octanol–water partition coefficient (Wildman–Crippen LogP) is 4.41. The van der Waals surface area contributed by atoms with E-state index in [0.717, 1.165) is 17.3 Å². The van der Waals surface area contributed by atoms with Crippen LogP contribution in [0.3, 0.4) is 0 Å². The maximum atomic E-state index is 13.3. The minimum Gasteiger partial charge on any atom is -0.455 e. The molecule has 0 N–H and O–H groups in total. The molecular formula is C21H20FN3O2. The first-order valence-electron chi connectivity index (χ1n) is 8.69. The van der Waals surface area contributed by atoms with Crippen LogP contribution >= 0.6 is 0 Å². The van der Waals surface area contributed by atoms with Gasteiger partial charge in [0, 0.05) is 35.8 Å². The summed E-state index contributed by atoms with van der Waals surface area (Å²) in [4.78, 5) is 25.2. The van der Waals surface area contributed by atoms with E-state index in [1.54, 1.807) is 18.3 Å². The highest BCUT2D eigenvalue weighted by Crippen LogP contribution is 2.23. The summed E-state index contributed by atoms with van der Waals surface area (Å²) in [5.41, 5.74) is 3.88. The number of pyridine rings is 3. The molecule has 3 aromatic rings. The third-order valence-electron chi connectivity index (χ3n) is 4.19. The van der Waals surface area contributed by atoms with Crippen molar-refractivity contribution in [3.05, 3.63) is 76.9 Å². The van der Waals surface area contributed by atoms with Gasteiger partial charge in [-0.05, 0) is 37.5 Å². The van der Waals surface area contributed by atoms with Gasteiger partial charge in [0.15, 0.2) is 5.78 Å². The van der Waals surface area contributed by atoms with Crippen molar-refractivity contribution in [2.45, 2.75) is 33.6 Å². The van der Waals surface area contributed by atoms with Crippen molar-refractivity contribution >= 4 is 5.78 Å². The molecule has 0 spiro atoms. The number of aromatic nitrogens is 3. The number of Topliss-reactive ketones (excluding diaryl/α,β-unsaturated/α-hetero) is 1. The van der Waals surface area contributed by atoms with Crippen LogP contribution in [0.1, 0.15) is 39.9 Å². The lowest BCUT2D eigenvalue weighted by Gasteiger charge is -2.09. The first kappa shape index (κ1) is 18.6. The Hall–Kier alpha value is -3.15. The molecule has 0 saturated heterocycles. The molecule has 27 heavy (non-hydrogen) atoms. The predicted molar refractivity (Wildman–Crippen MR) is 99.6 cm³/mol. The van der Waals surface area contributed by atoms with Crippen LogP contribution < -0.4 is 4.74 Å². The van der Waals surface area contributed by atoms with Gasteiger partial charge >= 0.3 is 0 Å². The standard InChI is InChI=1S/C21H20FN3O2/c1-4-16-7-18(27-19-6-15(22)11-23-12-19)9-20(25-16)21(26)8-17-5-13(2)14(3)10-24-17/h5-7,9-12H,4,8H2,1-3H3. The number of aryl methyl sites for hydroxylation is 3. The number of carbonyl (C=O) groups is 1. The molecule has 0 aliphatic heterocycles. The zero-order valence-electron chi connectivity index (χ0n) is 15.5. The number of nitrogens with zero attached hydrogens (tertiary/aromatic N) is 3. The van der Waals surface area contributed by atoms with Crippen molar-refractivity contribution < 1.29 is 13.9 Å². The number of ether oxygens (including phenoxy) is 1. The first-order chi connectivity index (χ1) is 12.9. The smallest absolute Gasteiger partial charge is 0.187 e. The van der Waals surface area contributed by atoms with Crippen LogP contribution in [-0.2, 0) is 12.8 Å². The maximum absolute atomic E-state index is 13.3. The Morgan fingerprint density at radius 1 is 1.00 bits per heavy atom. The van der Waals surface area contributed by atoms with Gasteiger partial charge < -0.3 is 4.74 Å². The summed E-state index contributed by atoms with van der Waals surface area (Å²) in [6, 6.07) is 6.44. The van der Waals surface area contributed by atoms with Crippen molar-refractivity contribution in [3.8, 4) is 11.5 Å². The van der Waals surface area contributed by atoms with Gasteiger partial charge in [0.05, 0.1) is 18.8 Å². The summed E-state index contributed by atoms with van der Waals surface area (Å²) in [7, 11) is 0. The minimum atomic E-state index is -0.491. The summed E-state index contributed by atoms with van der Waals surface area (Å²) in [5.74, 6) is 0.0424. The Morgan fingerprint density at radius 2 is 1.81 bits per heavy atom. The number of hydrogen-bond acceptors (Lipinski definition) is 5. The number of ketones is 1. The molecule has 0 fully saturated rings. The average Bonchev–Trinajstić information content (AvgIpc) is 2.64. The molecule has 0 aliphatic carbocycles. The van der Waals surface area contributed by atoms with Crippen LogP contribution in [0.2, 0.25) is 0 Å². The topological polar surface area (TPSA) is 65.0 Å². The van der Waals surface area contributed by atoms with Gasteiger partial charge in [-0.2, -0.15) is 0 Å². The van der Waals surface area contributed by atoms with E-state index >= 15 is 0 Å². The Balaban J connectivity index is 1.85. The largest absolute Gasteiger partial charge is 0.455 e. The van der Waals surface area contributed by atoms with Crippen molar-refractivity contribution in [1.82, 2.24) is 15.0 Å². The third-order valence-corrected chi connectivity index (χ3v) is 4.19. The van der Waals surface area contributed by atoms with Crippen molar-refractivity contribution in [2.24, 2.45) is 0 Å². The summed E-state index contributed by atoms with van der Waals surface area (Å²) in [6.45, 7) is 5.90. The van der Waals surface area contributed by atoms with E-state index in [4.69, 9.17) is 4.74 Å². The van der Waals surface area contributed by atoms with Crippen LogP contribution in [0.5, 0.6) is 11.5 Å². The zero-order valence-corrected chi connectivity index (χ0v) is 15.5. The summed E-state index contributed by atoms with van der Waals surface area (Å²) >= 11 is 0. The molecule has 138 valence electrons. The van der Waals surface area contributed by atoms with Crippen molar-refractivity contribution in [3.63, 3.8) is 0 Å². The fourth-order valence-electron chi connectivity index (χ4n) is 2.56. The van der Waals surface area contributed by atoms with Gasteiger partial charge in [-0.3, -0.25) is 14.8 Å². The van der Waals surface area contributed by atoms with E-state index in [1.807, 2.05) is 26.8 Å². The van der Waals surface area contributed by atoms with Gasteiger partial charge in [0.2, 0.25) is 0 Å². The Kier molecular flexibility index (Phi) is 5.54. The molecule has 0 atom stereocenters. The molecule has 0 unspecified atom stereocenters. The fourth-order valence-corrected chi connectivity index (χ4v) is 2.56. The Morgan fingerprint density at radius 3 is 2.52 bits per heavy atom. The number of carbonyl (C=O) groups excluding carboxylic acids is 1. The normalized spacial score (nSPS) is 10.7. The van der Waals surface area contributed by atoms with Crippen LogP contribution in [0.25, 0.3) is 0 Å². The number of rotatable bonds is 6. The average molecular weight is 365 g/mol. The van der Waals surface area contributed by atoms with Gasteiger partial charge in [-0.25, -0.2) is 9.37 Å². The second-order valence-corrected chi connectivity index (χ2v) is 6.33. The number of hydrogen-bond donors (Lipinski definition) is 0. The van der Waals surface area contributed by atoms with Crippen LogP contribution in [0.15, 0.2) is 42.9 Å². The maximum Gasteiger partial charge on any atom is 0.187 e. The third kappa shape index (κ3) is 4.73. The molecule has 0 bridgehead atoms. The molecular weight excluding hydrogens is 345 g/mol. The van der Waals surface area contributed by atoms with Crippen molar-refractivity contribution in [1.29, 1.82) is 0 Å². The van der Waals surface area contributed by atoms with E-state index in [1.165, 1.54) is 12.3 Å². The van der Waals surface area contributed by atoms with Gasteiger partial charge in [-0.1, -0.05) is 6.92 Å². The highest BCUT2D eigenvalue weighted by molar-refractivity contribution is 5.96. The number of halogens is 1. The first-order valence-corrected chi connectivity index (χ1v) is 8.69. The van der Waals surface area contributed by atoms with E-state index in [0.29, 0.717) is 29.3 Å². The molecule has 0 amide bonds. The van der Waals surface area contributed by atoms with Gasteiger partial charge in [0.1, 0.15) is 23.0 Å². The molecule has 0 radical (unpaired) electrons. The molecule has 6 heteroatoms. The quantitative estimate of drug-likeness (QED) is 0.606. The fraction of sp³-hybridized carbons (Fsp3) is 0.238. The van der Waals surface area contributed by atoms with Crippen LogP contribution in [0, 0.1) is 19.7 Å². The lowest BCUT2D eigenvalue weighted by molar-refractivity contribution is 0.0986. The van der Waals surface area contributed by atoms with E-state index < -0.39 is 5.82 Å². The SMILES string of the molecule is CCc1cc(Oc2cncc(F)c2)cc(C(=O)Cc2cc(C)c(C)cn2)n1. The van der Waals surface area contributed by atoms with E-state index in [2.05, 4.69) is 15.0 Å². The highest BCUT2D eigenvalue weighted by atomic mass is 19.1. The van der Waals surface area contributed by atoms with E-state index in [9.17, 15) is 9.18 Å². The Bertz CT molecular complexity index is 989. The van der Waals surface area contributed by atoms with E-state index in [-0.39, 0.29) is 18.0 Å². The molecule has 0 aliphatic rings. The summed E-state index contributed by atoms with van der Waals surface area (Å²) in [6.07, 6.45) is 5.07. The molecule has 0 saturated carbocycles. The van der Waals surface area contributed by atoms with Crippen molar-refractivity contribution in [2.75, 3.05) is 0 Å². The minimum absolute atomic E-state index is 0.150. The molecule has 5 nitrogen and oxygen atoms in total. The molecule has 3 rings (SSSR count). The highest BCUT2D eigenvalue weighted by Gasteiger charge is 2.14. The molecule has 0 aromatic carbocycles. The van der Waals surface area contributed by atoms with Gasteiger partial charge in [0.25, 0.3) is 0 Å². The zero-order chi connectivity index (χ0) is 19.4. The molecule has 3 aromatic heterocycles. The van der Waals surface area contributed by atoms with Gasteiger partial charge in [-0.15, -0.1) is 0 Å². The monoisotopic (exact) mass is 365 g/mol. The van der Waals surface area contributed by atoms with Crippen LogP contribution in [0.4, 0.5) is 4.39 Å². The lowest BCUT2D eigenvalue weighted by Crippen LogP contribution is -2.09. The summed E-state index contributed by atoms with van der Waals surface area (Å²) in [5, 5.41) is 0. The Labute approximate surface area is 157 Å².